The van der Waals surface area contributed by atoms with Crippen molar-refractivity contribution in [2.24, 2.45) is 4.99 Å². The van der Waals surface area contributed by atoms with E-state index in [1.165, 1.54) is 12.8 Å². The summed E-state index contributed by atoms with van der Waals surface area (Å²) in [6, 6.07) is 5.63. The Morgan fingerprint density at radius 3 is 2.61 bits per heavy atom. The van der Waals surface area contributed by atoms with Crippen molar-refractivity contribution in [3.05, 3.63) is 23.8 Å². The van der Waals surface area contributed by atoms with E-state index in [1.807, 2.05) is 12.1 Å². The molecule has 4 heteroatoms. The summed E-state index contributed by atoms with van der Waals surface area (Å²) in [6.45, 7) is 2.13. The lowest BCUT2D eigenvalue weighted by atomic mass is 10.0. The lowest BCUT2D eigenvalue weighted by molar-refractivity contribution is 0.459. The standard InChI is InChI=1S/C14H16N2O2/c17-10-15-14(5-6-14)12-9-11(3-4-13(12)18)16-7-1-2-8-16/h3-4,9,18H,1-2,5-8H2. The first kappa shape index (κ1) is 11.3. The number of benzene rings is 1. The van der Waals surface area contributed by atoms with Crippen LogP contribution in [-0.4, -0.2) is 24.3 Å². The summed E-state index contributed by atoms with van der Waals surface area (Å²) >= 11 is 0. The fraction of sp³-hybridized carbons (Fsp3) is 0.500. The molecule has 1 aliphatic heterocycles. The predicted octanol–water partition coefficient (Wildman–Crippen LogP) is 2.32. The van der Waals surface area contributed by atoms with Gasteiger partial charge in [0.15, 0.2) is 0 Å². The lowest BCUT2D eigenvalue weighted by Gasteiger charge is -2.20. The number of phenols is 1. The van der Waals surface area contributed by atoms with Crippen LogP contribution < -0.4 is 4.90 Å². The first-order chi connectivity index (χ1) is 8.75. The first-order valence-corrected chi connectivity index (χ1v) is 6.43. The Kier molecular flexibility index (Phi) is 2.60. The van der Waals surface area contributed by atoms with Gasteiger partial charge in [-0.3, -0.25) is 0 Å². The average Bonchev–Trinajstić information content (AvgIpc) is 2.94. The van der Waals surface area contributed by atoms with Gasteiger partial charge in [0.2, 0.25) is 6.08 Å². The molecule has 1 aliphatic carbocycles. The number of aliphatic imine (C=N–C) groups is 1. The maximum atomic E-state index is 10.5. The van der Waals surface area contributed by atoms with Crippen LogP contribution in [0.2, 0.25) is 0 Å². The van der Waals surface area contributed by atoms with Gasteiger partial charge in [0, 0.05) is 24.3 Å². The van der Waals surface area contributed by atoms with Gasteiger partial charge in [-0.15, -0.1) is 0 Å². The average molecular weight is 244 g/mol. The van der Waals surface area contributed by atoms with Crippen molar-refractivity contribution in [3.8, 4) is 5.75 Å². The van der Waals surface area contributed by atoms with Gasteiger partial charge in [0.05, 0.1) is 0 Å². The molecule has 3 rings (SSSR count). The van der Waals surface area contributed by atoms with Crippen molar-refractivity contribution >= 4 is 11.8 Å². The van der Waals surface area contributed by atoms with Gasteiger partial charge in [-0.1, -0.05) is 0 Å². The van der Waals surface area contributed by atoms with Crippen molar-refractivity contribution in [1.82, 2.24) is 0 Å². The van der Waals surface area contributed by atoms with Crippen LogP contribution in [0.15, 0.2) is 23.2 Å². The Labute approximate surface area is 106 Å². The molecule has 4 nitrogen and oxygen atoms in total. The van der Waals surface area contributed by atoms with E-state index in [0.717, 1.165) is 37.2 Å². The summed E-state index contributed by atoms with van der Waals surface area (Å²) in [7, 11) is 0. The molecular weight excluding hydrogens is 228 g/mol. The second-order valence-electron chi connectivity index (χ2n) is 5.13. The van der Waals surface area contributed by atoms with Gasteiger partial charge in [-0.2, -0.15) is 4.99 Å². The van der Waals surface area contributed by atoms with Crippen LogP contribution in [0.25, 0.3) is 0 Å². The fourth-order valence-corrected chi connectivity index (χ4v) is 2.72. The van der Waals surface area contributed by atoms with Gasteiger partial charge < -0.3 is 10.0 Å². The molecule has 0 amide bonds. The SMILES string of the molecule is O=C=NC1(c2cc(N3CCCC3)ccc2O)CC1. The molecule has 0 spiro atoms. The molecule has 1 N–H and O–H groups in total. The highest BCUT2D eigenvalue weighted by atomic mass is 16.3. The molecule has 94 valence electrons. The minimum absolute atomic E-state index is 0.231. The predicted molar refractivity (Wildman–Crippen MR) is 68.6 cm³/mol. The van der Waals surface area contributed by atoms with E-state index in [0.29, 0.717) is 0 Å². The monoisotopic (exact) mass is 244 g/mol. The lowest BCUT2D eigenvalue weighted by Crippen LogP contribution is -2.18. The molecule has 0 unspecified atom stereocenters. The third-order valence-electron chi connectivity index (χ3n) is 3.94. The zero-order valence-corrected chi connectivity index (χ0v) is 10.2. The van der Waals surface area contributed by atoms with Gasteiger partial charge >= 0.3 is 0 Å². The first-order valence-electron chi connectivity index (χ1n) is 6.43. The fourth-order valence-electron chi connectivity index (χ4n) is 2.72. The van der Waals surface area contributed by atoms with Gasteiger partial charge in [-0.05, 0) is 43.9 Å². The molecule has 0 bridgehead atoms. The number of isocyanates is 1. The molecule has 1 heterocycles. The van der Waals surface area contributed by atoms with Gasteiger partial charge in [0.1, 0.15) is 11.3 Å². The molecule has 0 aromatic heterocycles. The normalized spacial score (nSPS) is 20.6. The van der Waals surface area contributed by atoms with Crippen molar-refractivity contribution in [2.45, 2.75) is 31.2 Å². The number of hydrogen-bond donors (Lipinski definition) is 1. The Morgan fingerprint density at radius 2 is 2.00 bits per heavy atom. The largest absolute Gasteiger partial charge is 0.508 e. The third kappa shape index (κ3) is 1.79. The van der Waals surface area contributed by atoms with E-state index >= 15 is 0 Å². The highest BCUT2D eigenvalue weighted by Gasteiger charge is 2.46. The van der Waals surface area contributed by atoms with Gasteiger partial charge in [0.25, 0.3) is 0 Å². The molecule has 18 heavy (non-hydrogen) atoms. The van der Waals surface area contributed by atoms with E-state index in [9.17, 15) is 9.90 Å². The number of nitrogens with zero attached hydrogens (tertiary/aromatic N) is 2. The quantitative estimate of drug-likeness (QED) is 0.655. The van der Waals surface area contributed by atoms with Crippen LogP contribution in [0.4, 0.5) is 5.69 Å². The molecular formula is C14H16N2O2. The Morgan fingerprint density at radius 1 is 1.28 bits per heavy atom. The van der Waals surface area contributed by atoms with Crippen molar-refractivity contribution in [3.63, 3.8) is 0 Å². The molecule has 0 radical (unpaired) electrons. The number of rotatable bonds is 3. The summed E-state index contributed by atoms with van der Waals surface area (Å²) in [5.74, 6) is 0.231. The van der Waals surface area contributed by atoms with Crippen LogP contribution in [-0.2, 0) is 10.3 Å². The van der Waals surface area contributed by atoms with Crippen LogP contribution in [0.5, 0.6) is 5.75 Å². The van der Waals surface area contributed by atoms with Crippen molar-refractivity contribution in [1.29, 1.82) is 0 Å². The number of hydrogen-bond acceptors (Lipinski definition) is 4. The van der Waals surface area contributed by atoms with Crippen molar-refractivity contribution in [2.75, 3.05) is 18.0 Å². The van der Waals surface area contributed by atoms with Crippen LogP contribution >= 0.6 is 0 Å². The molecule has 2 fully saturated rings. The topological polar surface area (TPSA) is 52.9 Å². The van der Waals surface area contributed by atoms with Crippen LogP contribution in [0, 0.1) is 0 Å². The Balaban J connectivity index is 1.98. The Hall–Kier alpha value is -1.80. The number of aromatic hydroxyl groups is 1. The van der Waals surface area contributed by atoms with Crippen LogP contribution in [0.3, 0.4) is 0 Å². The van der Waals surface area contributed by atoms with E-state index in [-0.39, 0.29) is 5.75 Å². The second-order valence-corrected chi connectivity index (χ2v) is 5.13. The second kappa shape index (κ2) is 4.14. The minimum atomic E-state index is -0.498. The van der Waals surface area contributed by atoms with E-state index in [4.69, 9.17) is 0 Å². The third-order valence-corrected chi connectivity index (χ3v) is 3.94. The molecule has 1 aromatic carbocycles. The maximum absolute atomic E-state index is 10.5. The smallest absolute Gasteiger partial charge is 0.235 e. The number of anilines is 1. The van der Waals surface area contributed by atoms with Gasteiger partial charge in [-0.25, -0.2) is 4.79 Å². The molecule has 1 saturated carbocycles. The van der Waals surface area contributed by atoms with Crippen LogP contribution in [0.1, 0.15) is 31.2 Å². The number of carbonyl (C=O) groups excluding carboxylic acids is 1. The molecule has 2 aliphatic rings. The molecule has 1 saturated heterocycles. The summed E-state index contributed by atoms with van der Waals surface area (Å²) in [4.78, 5) is 16.7. The Bertz CT molecular complexity index is 511. The minimum Gasteiger partial charge on any atom is -0.508 e. The highest BCUT2D eigenvalue weighted by molar-refractivity contribution is 5.57. The van der Waals surface area contributed by atoms with E-state index in [2.05, 4.69) is 9.89 Å². The highest BCUT2D eigenvalue weighted by Crippen LogP contribution is 2.52. The summed E-state index contributed by atoms with van der Waals surface area (Å²) in [5.41, 5.74) is 1.39. The summed E-state index contributed by atoms with van der Waals surface area (Å²) in [5, 5.41) is 9.97. The van der Waals surface area contributed by atoms with E-state index < -0.39 is 5.54 Å². The molecule has 0 atom stereocenters. The molecule has 1 aromatic rings. The van der Waals surface area contributed by atoms with Crippen molar-refractivity contribution < 1.29 is 9.90 Å². The maximum Gasteiger partial charge on any atom is 0.235 e. The van der Waals surface area contributed by atoms with E-state index in [1.54, 1.807) is 12.1 Å². The summed E-state index contributed by atoms with van der Waals surface area (Å²) in [6.07, 6.45) is 5.71. The zero-order chi connectivity index (χ0) is 12.6. The zero-order valence-electron chi connectivity index (χ0n) is 10.2. The summed E-state index contributed by atoms with van der Waals surface area (Å²) < 4.78 is 0. The number of phenolic OH excluding ortho intramolecular Hbond substituents is 1.